The van der Waals surface area contributed by atoms with E-state index in [1.807, 2.05) is 24.3 Å². The largest absolute Gasteiger partial charge is 0.493 e. The predicted molar refractivity (Wildman–Crippen MR) is 106 cm³/mol. The van der Waals surface area contributed by atoms with Gasteiger partial charge in [-0.15, -0.1) is 0 Å². The summed E-state index contributed by atoms with van der Waals surface area (Å²) in [6.07, 6.45) is 0. The summed E-state index contributed by atoms with van der Waals surface area (Å²) in [5.41, 5.74) is 1.23. The lowest BCUT2D eigenvalue weighted by Crippen LogP contribution is -2.36. The number of para-hydroxylation sites is 1. The van der Waals surface area contributed by atoms with E-state index >= 15 is 0 Å². The van der Waals surface area contributed by atoms with Crippen LogP contribution in [0.15, 0.2) is 57.7 Å². The maximum Gasteiger partial charge on any atom is 0.349 e. The fourth-order valence-corrected chi connectivity index (χ4v) is 3.21. The van der Waals surface area contributed by atoms with Gasteiger partial charge in [-0.2, -0.15) is 0 Å². The van der Waals surface area contributed by atoms with Crippen molar-refractivity contribution in [1.82, 2.24) is 0 Å². The number of amides is 1. The molecule has 4 rings (SSSR count). The third-order valence-corrected chi connectivity index (χ3v) is 4.69. The maximum atomic E-state index is 12.6. The number of benzene rings is 2. The van der Waals surface area contributed by atoms with E-state index in [1.165, 1.54) is 13.2 Å². The molecule has 144 valence electrons. The molecule has 28 heavy (non-hydrogen) atoms. The first-order chi connectivity index (χ1) is 13.7. The van der Waals surface area contributed by atoms with Crippen LogP contribution in [0, 0.1) is 0 Å². The molecular weight excluding hydrogens is 360 g/mol. The normalized spacial score (nSPS) is 14.1. The molecular formula is C21H20N2O5. The minimum absolute atomic E-state index is 0.0574. The van der Waals surface area contributed by atoms with Crippen LogP contribution < -0.4 is 20.6 Å². The van der Waals surface area contributed by atoms with Gasteiger partial charge in [0, 0.05) is 29.9 Å². The number of carbonyl (C=O) groups is 1. The van der Waals surface area contributed by atoms with Crippen molar-refractivity contribution in [2.75, 3.05) is 43.6 Å². The highest BCUT2D eigenvalue weighted by Crippen LogP contribution is 2.25. The number of hydrogen-bond donors (Lipinski definition) is 1. The first-order valence-corrected chi connectivity index (χ1v) is 9.01. The quantitative estimate of drug-likeness (QED) is 0.701. The topological polar surface area (TPSA) is 81.0 Å². The molecule has 2 heterocycles. The van der Waals surface area contributed by atoms with Gasteiger partial charge in [0.05, 0.1) is 20.3 Å². The van der Waals surface area contributed by atoms with E-state index in [1.54, 1.807) is 18.2 Å². The van der Waals surface area contributed by atoms with Gasteiger partial charge in [0.25, 0.3) is 5.91 Å². The number of hydrogen-bond acceptors (Lipinski definition) is 6. The van der Waals surface area contributed by atoms with Crippen molar-refractivity contribution >= 4 is 28.3 Å². The molecule has 0 aliphatic carbocycles. The molecule has 1 amide bonds. The van der Waals surface area contributed by atoms with E-state index in [9.17, 15) is 9.59 Å². The molecule has 1 aromatic heterocycles. The summed E-state index contributed by atoms with van der Waals surface area (Å²) < 4.78 is 15.9. The molecule has 0 atom stereocenters. The molecule has 0 radical (unpaired) electrons. The number of morpholine rings is 1. The Morgan fingerprint density at radius 1 is 1.11 bits per heavy atom. The Balaban J connectivity index is 1.55. The Morgan fingerprint density at radius 2 is 1.86 bits per heavy atom. The number of nitrogens with zero attached hydrogens (tertiary/aromatic N) is 1. The number of nitrogens with one attached hydrogen (secondary N) is 1. The Labute approximate surface area is 161 Å². The van der Waals surface area contributed by atoms with Gasteiger partial charge in [0.1, 0.15) is 5.56 Å². The van der Waals surface area contributed by atoms with E-state index in [2.05, 4.69) is 10.2 Å². The van der Waals surface area contributed by atoms with Crippen molar-refractivity contribution in [3.05, 3.63) is 64.5 Å². The average Bonchev–Trinajstić information content (AvgIpc) is 2.74. The van der Waals surface area contributed by atoms with Gasteiger partial charge < -0.3 is 24.1 Å². The maximum absolute atomic E-state index is 12.6. The second-order valence-electron chi connectivity index (χ2n) is 6.43. The first-order valence-electron chi connectivity index (χ1n) is 9.01. The van der Waals surface area contributed by atoms with Crippen molar-refractivity contribution < 1.29 is 18.7 Å². The van der Waals surface area contributed by atoms with Crippen LogP contribution in [0.2, 0.25) is 0 Å². The van der Waals surface area contributed by atoms with Gasteiger partial charge in [-0.1, -0.05) is 12.1 Å². The van der Waals surface area contributed by atoms with Crippen LogP contribution in [-0.4, -0.2) is 39.3 Å². The Bertz CT molecular complexity index is 1050. The van der Waals surface area contributed by atoms with E-state index in [-0.39, 0.29) is 5.56 Å². The number of methoxy groups -OCH3 is 1. The molecule has 0 spiro atoms. The Hall–Kier alpha value is -3.32. The molecule has 0 saturated carbocycles. The Morgan fingerprint density at radius 3 is 2.57 bits per heavy atom. The van der Waals surface area contributed by atoms with Gasteiger partial charge in [0.15, 0.2) is 11.3 Å². The lowest BCUT2D eigenvalue weighted by atomic mass is 10.1. The molecule has 0 bridgehead atoms. The molecule has 7 nitrogen and oxygen atoms in total. The van der Waals surface area contributed by atoms with Crippen LogP contribution in [0.3, 0.4) is 0 Å². The zero-order chi connectivity index (χ0) is 19.5. The minimum atomic E-state index is -0.709. The van der Waals surface area contributed by atoms with Gasteiger partial charge in [-0.05, 0) is 36.4 Å². The highest BCUT2D eigenvalue weighted by molar-refractivity contribution is 6.05. The van der Waals surface area contributed by atoms with Crippen LogP contribution in [0.1, 0.15) is 10.4 Å². The lowest BCUT2D eigenvalue weighted by molar-refractivity contribution is 0.102. The smallest absolute Gasteiger partial charge is 0.349 e. The van der Waals surface area contributed by atoms with Crippen molar-refractivity contribution in [3.8, 4) is 5.75 Å². The molecule has 3 aromatic rings. The highest BCUT2D eigenvalue weighted by atomic mass is 16.5. The van der Waals surface area contributed by atoms with Crippen LogP contribution in [0.4, 0.5) is 11.4 Å². The Kier molecular flexibility index (Phi) is 4.99. The van der Waals surface area contributed by atoms with Gasteiger partial charge >= 0.3 is 5.63 Å². The van der Waals surface area contributed by atoms with Crippen LogP contribution in [0.5, 0.6) is 5.75 Å². The van der Waals surface area contributed by atoms with Crippen LogP contribution in [-0.2, 0) is 4.74 Å². The molecule has 1 saturated heterocycles. The van der Waals surface area contributed by atoms with E-state index in [0.717, 1.165) is 18.8 Å². The number of anilines is 2. The minimum Gasteiger partial charge on any atom is -0.493 e. The second-order valence-corrected chi connectivity index (χ2v) is 6.43. The molecule has 1 N–H and O–H groups in total. The summed E-state index contributed by atoms with van der Waals surface area (Å²) in [6, 6.07) is 14.2. The summed E-state index contributed by atoms with van der Waals surface area (Å²) in [5.74, 6) is -0.0714. The monoisotopic (exact) mass is 380 g/mol. The first kappa shape index (κ1) is 18.1. The molecule has 2 aromatic carbocycles. The zero-order valence-electron chi connectivity index (χ0n) is 15.4. The summed E-state index contributed by atoms with van der Waals surface area (Å²) in [6.45, 7) is 3.10. The summed E-state index contributed by atoms with van der Waals surface area (Å²) in [5, 5.41) is 3.37. The van der Waals surface area contributed by atoms with Gasteiger partial charge in [0.2, 0.25) is 0 Å². The number of rotatable bonds is 4. The summed E-state index contributed by atoms with van der Waals surface area (Å²) in [7, 11) is 1.50. The number of fused-ring (bicyclic) bond motifs is 1. The fraction of sp³-hybridized carbons (Fsp3) is 0.238. The van der Waals surface area contributed by atoms with E-state index < -0.39 is 11.5 Å². The third-order valence-electron chi connectivity index (χ3n) is 4.69. The highest BCUT2D eigenvalue weighted by Gasteiger charge is 2.16. The fourth-order valence-electron chi connectivity index (χ4n) is 3.21. The molecule has 1 fully saturated rings. The summed E-state index contributed by atoms with van der Waals surface area (Å²) in [4.78, 5) is 27.1. The van der Waals surface area contributed by atoms with Crippen molar-refractivity contribution in [2.45, 2.75) is 0 Å². The van der Waals surface area contributed by atoms with Gasteiger partial charge in [-0.3, -0.25) is 4.79 Å². The van der Waals surface area contributed by atoms with E-state index in [0.29, 0.717) is 35.6 Å². The second kappa shape index (κ2) is 7.74. The van der Waals surface area contributed by atoms with Crippen LogP contribution in [0.25, 0.3) is 11.0 Å². The molecule has 1 aliphatic rings. The average molecular weight is 380 g/mol. The van der Waals surface area contributed by atoms with Crippen molar-refractivity contribution in [1.29, 1.82) is 0 Å². The summed E-state index contributed by atoms with van der Waals surface area (Å²) >= 11 is 0. The number of carbonyl (C=O) groups excluding carboxylic acids is 1. The molecule has 1 aliphatic heterocycles. The van der Waals surface area contributed by atoms with Crippen molar-refractivity contribution in [2.24, 2.45) is 0 Å². The number of ether oxygens (including phenoxy) is 2. The standard InChI is InChI=1S/C21H20N2O5/c1-26-18-4-2-3-14-13-17(21(25)28-19(14)18)20(24)22-15-5-7-16(8-6-15)23-9-11-27-12-10-23/h2-8,13H,9-12H2,1H3,(H,22,24). The lowest BCUT2D eigenvalue weighted by Gasteiger charge is -2.28. The molecule has 0 unspecified atom stereocenters. The van der Waals surface area contributed by atoms with Crippen LogP contribution >= 0.6 is 0 Å². The van der Waals surface area contributed by atoms with Gasteiger partial charge in [-0.25, -0.2) is 4.79 Å². The zero-order valence-corrected chi connectivity index (χ0v) is 15.4. The van der Waals surface area contributed by atoms with Crippen molar-refractivity contribution in [3.63, 3.8) is 0 Å². The predicted octanol–water partition coefficient (Wildman–Crippen LogP) is 2.89. The SMILES string of the molecule is COc1cccc2cc(C(=O)Nc3ccc(N4CCOCC4)cc3)c(=O)oc12. The van der Waals surface area contributed by atoms with E-state index in [4.69, 9.17) is 13.9 Å². The molecule has 7 heteroatoms. The third kappa shape index (κ3) is 3.57.